The Labute approximate surface area is 174 Å². The van der Waals surface area contributed by atoms with Crippen LogP contribution < -0.4 is 21.5 Å². The second-order valence-electron chi connectivity index (χ2n) is 6.55. The zero-order valence-corrected chi connectivity index (χ0v) is 16.6. The molecule has 2 heterocycles. The van der Waals surface area contributed by atoms with Crippen molar-refractivity contribution < 1.29 is 14.3 Å². The number of nitrogen functional groups attached to an aromatic ring is 1. The maximum atomic E-state index is 11.4. The molecule has 1 aliphatic rings. The summed E-state index contributed by atoms with van der Waals surface area (Å²) in [5, 5.41) is 10.9. The first-order valence-electron chi connectivity index (χ1n) is 9.48. The van der Waals surface area contributed by atoms with Crippen LogP contribution in [0.5, 0.6) is 5.75 Å². The van der Waals surface area contributed by atoms with Gasteiger partial charge in [0.25, 0.3) is 0 Å². The van der Waals surface area contributed by atoms with Gasteiger partial charge in [0.15, 0.2) is 11.6 Å². The Morgan fingerprint density at radius 3 is 2.67 bits per heavy atom. The number of amides is 1. The Balaban J connectivity index is 1.67. The number of nitrogens with two attached hydrogens (primary N) is 2. The first-order valence-corrected chi connectivity index (χ1v) is 9.48. The number of rotatable bonds is 8. The van der Waals surface area contributed by atoms with Gasteiger partial charge in [-0.3, -0.25) is 9.69 Å². The summed E-state index contributed by atoms with van der Waals surface area (Å²) in [5.74, 6) is 1.21. The number of carbonyl (C=O) groups is 1. The Morgan fingerprint density at radius 1 is 1.20 bits per heavy atom. The summed E-state index contributed by atoms with van der Waals surface area (Å²) in [5.41, 5.74) is 12.1. The standard InChI is InChI=1S/C20H25N7O3/c1-14(13-27-8-10-29-11-9-27)30-17-5-3-2-4-15(17)25-26-16-6-7-18(24-20(16)22)23-19(28)12-21/h2-7H,1,8-13,21H2,(H3,22,23,24,28). The number of nitrogens with zero attached hydrogens (tertiary/aromatic N) is 4. The fourth-order valence-electron chi connectivity index (χ4n) is 2.75. The predicted molar refractivity (Wildman–Crippen MR) is 114 cm³/mol. The number of para-hydroxylation sites is 1. The largest absolute Gasteiger partial charge is 0.459 e. The Morgan fingerprint density at radius 2 is 1.93 bits per heavy atom. The van der Waals surface area contributed by atoms with Crippen LogP contribution in [0.2, 0.25) is 0 Å². The molecule has 0 saturated carbocycles. The summed E-state index contributed by atoms with van der Waals surface area (Å²) in [6.07, 6.45) is 0. The number of azo groups is 1. The highest BCUT2D eigenvalue weighted by atomic mass is 16.5. The molecule has 0 atom stereocenters. The summed E-state index contributed by atoms with van der Waals surface area (Å²) in [4.78, 5) is 17.7. The van der Waals surface area contributed by atoms with Crippen molar-refractivity contribution >= 4 is 28.9 Å². The number of carbonyl (C=O) groups excluding carboxylic acids is 1. The molecule has 1 aromatic heterocycles. The highest BCUT2D eigenvalue weighted by molar-refractivity contribution is 5.91. The lowest BCUT2D eigenvalue weighted by molar-refractivity contribution is -0.114. The first kappa shape index (κ1) is 21.4. The van der Waals surface area contributed by atoms with Crippen LogP contribution in [0.1, 0.15) is 0 Å². The van der Waals surface area contributed by atoms with E-state index < -0.39 is 0 Å². The topological polar surface area (TPSA) is 140 Å². The van der Waals surface area contributed by atoms with Gasteiger partial charge in [-0.1, -0.05) is 18.7 Å². The van der Waals surface area contributed by atoms with Gasteiger partial charge in [0.1, 0.15) is 23.0 Å². The highest BCUT2D eigenvalue weighted by Crippen LogP contribution is 2.31. The van der Waals surface area contributed by atoms with E-state index in [1.54, 1.807) is 24.3 Å². The van der Waals surface area contributed by atoms with Crippen LogP contribution >= 0.6 is 0 Å². The van der Waals surface area contributed by atoms with Crippen LogP contribution in [0.4, 0.5) is 23.0 Å². The van der Waals surface area contributed by atoms with Crippen molar-refractivity contribution in [2.24, 2.45) is 16.0 Å². The third-order valence-corrected chi connectivity index (χ3v) is 4.24. The molecule has 1 fully saturated rings. The molecule has 0 spiro atoms. The van der Waals surface area contributed by atoms with Crippen molar-refractivity contribution in [3.8, 4) is 5.75 Å². The Hall–Kier alpha value is -3.34. The predicted octanol–water partition coefficient (Wildman–Crippen LogP) is 2.20. The molecule has 1 saturated heterocycles. The fourth-order valence-corrected chi connectivity index (χ4v) is 2.75. The van der Waals surface area contributed by atoms with Crippen LogP contribution in [0.3, 0.4) is 0 Å². The van der Waals surface area contributed by atoms with Crippen molar-refractivity contribution in [1.82, 2.24) is 9.88 Å². The van der Waals surface area contributed by atoms with Gasteiger partial charge in [-0.25, -0.2) is 4.98 Å². The first-order chi connectivity index (χ1) is 14.5. The van der Waals surface area contributed by atoms with Gasteiger partial charge < -0.3 is 26.3 Å². The van der Waals surface area contributed by atoms with Gasteiger partial charge in [-0.05, 0) is 24.3 Å². The smallest absolute Gasteiger partial charge is 0.239 e. The van der Waals surface area contributed by atoms with Gasteiger partial charge in [-0.2, -0.15) is 0 Å². The second-order valence-corrected chi connectivity index (χ2v) is 6.55. The number of ether oxygens (including phenoxy) is 2. The molecular formula is C20H25N7O3. The monoisotopic (exact) mass is 411 g/mol. The van der Waals surface area contributed by atoms with E-state index in [1.165, 1.54) is 0 Å². The quantitative estimate of drug-likeness (QED) is 0.447. The summed E-state index contributed by atoms with van der Waals surface area (Å²) in [6.45, 7) is 7.59. The molecule has 0 bridgehead atoms. The highest BCUT2D eigenvalue weighted by Gasteiger charge is 2.13. The molecule has 0 radical (unpaired) electrons. The normalized spacial score (nSPS) is 14.6. The maximum Gasteiger partial charge on any atom is 0.239 e. The second kappa shape index (κ2) is 10.4. The van der Waals surface area contributed by atoms with E-state index in [9.17, 15) is 4.79 Å². The molecule has 10 heteroatoms. The molecule has 0 aliphatic carbocycles. The van der Waals surface area contributed by atoms with E-state index in [0.717, 1.165) is 13.1 Å². The zero-order valence-electron chi connectivity index (χ0n) is 16.6. The van der Waals surface area contributed by atoms with Gasteiger partial charge in [0.2, 0.25) is 5.91 Å². The van der Waals surface area contributed by atoms with Crippen molar-refractivity contribution in [3.63, 3.8) is 0 Å². The van der Waals surface area contributed by atoms with Crippen LogP contribution in [0.25, 0.3) is 0 Å². The summed E-state index contributed by atoms with van der Waals surface area (Å²) < 4.78 is 11.3. The number of morpholine rings is 1. The van der Waals surface area contributed by atoms with Gasteiger partial charge in [-0.15, -0.1) is 10.2 Å². The minimum atomic E-state index is -0.361. The van der Waals surface area contributed by atoms with Gasteiger partial charge in [0, 0.05) is 13.1 Å². The average Bonchev–Trinajstić information content (AvgIpc) is 2.74. The lowest BCUT2D eigenvalue weighted by Crippen LogP contribution is -2.37. The summed E-state index contributed by atoms with van der Waals surface area (Å²) >= 11 is 0. The minimum Gasteiger partial charge on any atom is -0.459 e. The third-order valence-electron chi connectivity index (χ3n) is 4.24. The molecule has 3 rings (SSSR count). The molecule has 158 valence electrons. The van der Waals surface area contributed by atoms with Crippen LogP contribution in [-0.2, 0) is 9.53 Å². The summed E-state index contributed by atoms with van der Waals surface area (Å²) in [7, 11) is 0. The molecule has 30 heavy (non-hydrogen) atoms. The number of nitrogens with one attached hydrogen (secondary N) is 1. The number of hydrogen-bond donors (Lipinski definition) is 3. The van der Waals surface area contributed by atoms with Crippen molar-refractivity contribution in [2.75, 3.05) is 50.4 Å². The molecule has 10 nitrogen and oxygen atoms in total. The SMILES string of the molecule is C=C(CN1CCOCC1)Oc1ccccc1N=Nc1ccc(NC(=O)CN)nc1N. The van der Waals surface area contributed by atoms with E-state index in [1.807, 2.05) is 12.1 Å². The number of anilines is 2. The van der Waals surface area contributed by atoms with E-state index in [4.69, 9.17) is 20.9 Å². The number of aromatic nitrogens is 1. The van der Waals surface area contributed by atoms with Crippen LogP contribution in [0, 0.1) is 0 Å². The molecule has 0 unspecified atom stereocenters. The lowest BCUT2D eigenvalue weighted by Gasteiger charge is -2.27. The van der Waals surface area contributed by atoms with Crippen LogP contribution in [0.15, 0.2) is 59.0 Å². The number of benzene rings is 1. The molecule has 2 aromatic rings. The van der Waals surface area contributed by atoms with Crippen molar-refractivity contribution in [3.05, 3.63) is 48.7 Å². The molecular weight excluding hydrogens is 386 g/mol. The minimum absolute atomic E-state index is 0.128. The average molecular weight is 411 g/mol. The third kappa shape index (κ3) is 6.08. The van der Waals surface area contributed by atoms with Crippen molar-refractivity contribution in [2.45, 2.75) is 0 Å². The van der Waals surface area contributed by atoms with Gasteiger partial charge in [0.05, 0.1) is 26.3 Å². The van der Waals surface area contributed by atoms with Crippen LogP contribution in [-0.4, -0.2) is 55.2 Å². The van der Waals surface area contributed by atoms with Crippen molar-refractivity contribution in [1.29, 1.82) is 0 Å². The number of pyridine rings is 1. The van der Waals surface area contributed by atoms with E-state index >= 15 is 0 Å². The molecule has 1 aromatic carbocycles. The molecule has 5 N–H and O–H groups in total. The molecule has 1 amide bonds. The zero-order chi connectivity index (χ0) is 21.3. The fraction of sp³-hybridized carbons (Fsp3) is 0.300. The summed E-state index contributed by atoms with van der Waals surface area (Å²) in [6, 6.07) is 10.4. The Bertz CT molecular complexity index is 926. The van der Waals surface area contributed by atoms with E-state index in [2.05, 4.69) is 32.0 Å². The Kier molecular flexibility index (Phi) is 7.44. The maximum absolute atomic E-state index is 11.4. The van der Waals surface area contributed by atoms with E-state index in [0.29, 0.717) is 48.5 Å². The van der Waals surface area contributed by atoms with Gasteiger partial charge >= 0.3 is 0 Å². The van der Waals surface area contributed by atoms with E-state index in [-0.39, 0.29) is 18.3 Å². The lowest BCUT2D eigenvalue weighted by atomic mass is 10.3. The number of hydrogen-bond acceptors (Lipinski definition) is 9. The molecule has 1 aliphatic heterocycles.